The Morgan fingerprint density at radius 2 is 2.00 bits per heavy atom. The first kappa shape index (κ1) is 15.3. The second-order valence-electron chi connectivity index (χ2n) is 5.07. The fourth-order valence-electron chi connectivity index (χ4n) is 2.38. The van der Waals surface area contributed by atoms with Crippen molar-refractivity contribution < 1.29 is 19.1 Å². The molecule has 21 heavy (non-hydrogen) atoms. The third-order valence-electron chi connectivity index (χ3n) is 3.53. The molecule has 0 spiro atoms. The lowest BCUT2D eigenvalue weighted by atomic mass is 9.99. The van der Waals surface area contributed by atoms with E-state index in [2.05, 4.69) is 0 Å². The van der Waals surface area contributed by atoms with Gasteiger partial charge in [-0.25, -0.2) is 9.59 Å². The number of nitrogens with two attached hydrogens (primary N) is 1. The summed E-state index contributed by atoms with van der Waals surface area (Å²) < 4.78 is 10.0. The normalized spacial score (nSPS) is 21.7. The van der Waals surface area contributed by atoms with Gasteiger partial charge in [-0.05, 0) is 18.4 Å². The molecule has 0 saturated carbocycles. The largest absolute Gasteiger partial charge is 0.467 e. The van der Waals surface area contributed by atoms with Crippen LogP contribution < -0.4 is 5.73 Å². The van der Waals surface area contributed by atoms with E-state index in [1.54, 1.807) is 0 Å². The number of rotatable bonds is 3. The minimum absolute atomic E-state index is 0.143. The van der Waals surface area contributed by atoms with E-state index in [9.17, 15) is 9.59 Å². The summed E-state index contributed by atoms with van der Waals surface area (Å²) in [5.41, 5.74) is 6.76. The van der Waals surface area contributed by atoms with Crippen LogP contribution in [-0.2, 0) is 20.9 Å². The van der Waals surface area contributed by atoms with Crippen molar-refractivity contribution in [3.05, 3.63) is 35.9 Å². The van der Waals surface area contributed by atoms with E-state index in [1.807, 2.05) is 30.3 Å². The number of benzene rings is 1. The molecule has 0 bridgehead atoms. The molecule has 1 aromatic rings. The minimum Gasteiger partial charge on any atom is -0.467 e. The Morgan fingerprint density at radius 1 is 1.29 bits per heavy atom. The molecule has 2 N–H and O–H groups in total. The molecule has 1 aliphatic heterocycles. The van der Waals surface area contributed by atoms with Gasteiger partial charge >= 0.3 is 12.1 Å². The molecule has 2 unspecified atom stereocenters. The fourth-order valence-corrected chi connectivity index (χ4v) is 2.38. The number of likely N-dealkylation sites (tertiary alicyclic amines) is 1. The maximum atomic E-state index is 12.2. The Bertz CT molecular complexity index is 492. The van der Waals surface area contributed by atoms with Gasteiger partial charge in [0.05, 0.1) is 7.11 Å². The molecule has 114 valence electrons. The molecule has 0 aliphatic carbocycles. The number of hydrogen-bond acceptors (Lipinski definition) is 5. The van der Waals surface area contributed by atoms with Crippen LogP contribution >= 0.6 is 0 Å². The SMILES string of the molecule is COC(=O)C1CCC(N)CN1C(=O)OCc1ccccc1. The summed E-state index contributed by atoms with van der Waals surface area (Å²) in [4.78, 5) is 25.3. The Balaban J connectivity index is 1.98. The molecular weight excluding hydrogens is 272 g/mol. The molecule has 6 nitrogen and oxygen atoms in total. The lowest BCUT2D eigenvalue weighted by Crippen LogP contribution is -2.54. The van der Waals surface area contributed by atoms with Gasteiger partial charge in [-0.1, -0.05) is 30.3 Å². The Kier molecular flexibility index (Phi) is 5.16. The van der Waals surface area contributed by atoms with Crippen LogP contribution in [0.25, 0.3) is 0 Å². The number of esters is 1. The van der Waals surface area contributed by atoms with Gasteiger partial charge in [-0.15, -0.1) is 0 Å². The van der Waals surface area contributed by atoms with Crippen LogP contribution in [0.2, 0.25) is 0 Å². The second-order valence-corrected chi connectivity index (χ2v) is 5.07. The summed E-state index contributed by atoms with van der Waals surface area (Å²) in [6.07, 6.45) is 0.640. The van der Waals surface area contributed by atoms with Gasteiger partial charge in [0.15, 0.2) is 0 Å². The number of piperidine rings is 1. The van der Waals surface area contributed by atoms with Gasteiger partial charge in [-0.3, -0.25) is 4.90 Å². The first-order valence-electron chi connectivity index (χ1n) is 6.92. The van der Waals surface area contributed by atoms with Crippen LogP contribution in [0.15, 0.2) is 30.3 Å². The van der Waals surface area contributed by atoms with E-state index >= 15 is 0 Å². The second kappa shape index (κ2) is 7.08. The van der Waals surface area contributed by atoms with Crippen molar-refractivity contribution in [1.29, 1.82) is 0 Å². The van der Waals surface area contributed by atoms with Crippen LogP contribution in [-0.4, -0.2) is 42.7 Å². The summed E-state index contributed by atoms with van der Waals surface area (Å²) in [5, 5.41) is 0. The molecule has 6 heteroatoms. The Morgan fingerprint density at radius 3 is 2.67 bits per heavy atom. The molecule has 0 radical (unpaired) electrons. The van der Waals surface area contributed by atoms with E-state index in [4.69, 9.17) is 15.2 Å². The van der Waals surface area contributed by atoms with Gasteiger partial charge in [0.1, 0.15) is 12.6 Å². The summed E-state index contributed by atoms with van der Waals surface area (Å²) in [6.45, 7) is 0.465. The lowest BCUT2D eigenvalue weighted by molar-refractivity contribution is -0.147. The van der Waals surface area contributed by atoms with Gasteiger partial charge in [-0.2, -0.15) is 0 Å². The first-order chi connectivity index (χ1) is 10.1. The van der Waals surface area contributed by atoms with Crippen molar-refractivity contribution in [3.8, 4) is 0 Å². The van der Waals surface area contributed by atoms with Crippen molar-refractivity contribution in [2.45, 2.75) is 31.5 Å². The average molecular weight is 292 g/mol. The Hall–Kier alpha value is -2.08. The maximum absolute atomic E-state index is 12.2. The standard InChI is InChI=1S/C15H20N2O4/c1-20-14(18)13-8-7-12(16)9-17(13)15(19)21-10-11-5-3-2-4-6-11/h2-6,12-13H,7-10,16H2,1H3. The lowest BCUT2D eigenvalue weighted by Gasteiger charge is -2.35. The van der Waals surface area contributed by atoms with Crippen LogP contribution in [0.3, 0.4) is 0 Å². The van der Waals surface area contributed by atoms with Gasteiger partial charge in [0.25, 0.3) is 0 Å². The monoisotopic (exact) mass is 292 g/mol. The van der Waals surface area contributed by atoms with Crippen molar-refractivity contribution in [2.75, 3.05) is 13.7 Å². The highest BCUT2D eigenvalue weighted by molar-refractivity contribution is 5.81. The van der Waals surface area contributed by atoms with E-state index in [-0.39, 0.29) is 12.6 Å². The first-order valence-corrected chi connectivity index (χ1v) is 6.92. The van der Waals surface area contributed by atoms with Gasteiger partial charge in [0, 0.05) is 12.6 Å². The fraction of sp³-hybridized carbons (Fsp3) is 0.467. The molecule has 1 aromatic carbocycles. The molecular formula is C15H20N2O4. The summed E-state index contributed by atoms with van der Waals surface area (Å²) >= 11 is 0. The van der Waals surface area contributed by atoms with E-state index in [0.717, 1.165) is 5.56 Å². The van der Waals surface area contributed by atoms with Crippen molar-refractivity contribution >= 4 is 12.1 Å². The molecule has 0 aromatic heterocycles. The molecule has 1 amide bonds. The van der Waals surface area contributed by atoms with Gasteiger partial charge < -0.3 is 15.2 Å². The number of carbonyl (C=O) groups is 2. The quantitative estimate of drug-likeness (QED) is 0.849. The number of nitrogens with zero attached hydrogens (tertiary/aromatic N) is 1. The highest BCUT2D eigenvalue weighted by Gasteiger charge is 2.36. The zero-order valence-electron chi connectivity index (χ0n) is 12.0. The minimum atomic E-state index is -0.613. The van der Waals surface area contributed by atoms with Crippen LogP contribution in [0, 0.1) is 0 Å². The average Bonchev–Trinajstić information content (AvgIpc) is 2.52. The number of ether oxygens (including phenoxy) is 2. The predicted molar refractivity (Wildman–Crippen MR) is 76.3 cm³/mol. The molecule has 1 fully saturated rings. The van der Waals surface area contributed by atoms with E-state index < -0.39 is 18.1 Å². The van der Waals surface area contributed by atoms with Crippen LogP contribution in [0.1, 0.15) is 18.4 Å². The number of carbonyl (C=O) groups excluding carboxylic acids is 2. The third-order valence-corrected chi connectivity index (χ3v) is 3.53. The highest BCUT2D eigenvalue weighted by Crippen LogP contribution is 2.19. The molecule has 1 aliphatic rings. The number of methoxy groups -OCH3 is 1. The molecule has 1 saturated heterocycles. The van der Waals surface area contributed by atoms with Crippen LogP contribution in [0.5, 0.6) is 0 Å². The van der Waals surface area contributed by atoms with Gasteiger partial charge in [0.2, 0.25) is 0 Å². The van der Waals surface area contributed by atoms with Crippen molar-refractivity contribution in [2.24, 2.45) is 5.73 Å². The number of hydrogen-bond donors (Lipinski definition) is 1. The molecule has 2 rings (SSSR count). The van der Waals surface area contributed by atoms with Crippen LogP contribution in [0.4, 0.5) is 4.79 Å². The summed E-state index contributed by atoms with van der Waals surface area (Å²) in [6, 6.07) is 8.62. The van der Waals surface area contributed by atoms with Crippen molar-refractivity contribution in [1.82, 2.24) is 4.90 Å². The van der Waals surface area contributed by atoms with E-state index in [0.29, 0.717) is 19.4 Å². The zero-order chi connectivity index (χ0) is 15.2. The zero-order valence-corrected chi connectivity index (χ0v) is 12.0. The molecule has 1 heterocycles. The molecule has 2 atom stereocenters. The van der Waals surface area contributed by atoms with E-state index in [1.165, 1.54) is 12.0 Å². The maximum Gasteiger partial charge on any atom is 0.410 e. The number of amides is 1. The summed E-state index contributed by atoms with van der Waals surface area (Å²) in [7, 11) is 1.31. The smallest absolute Gasteiger partial charge is 0.410 e. The summed E-state index contributed by atoms with van der Waals surface area (Å²) in [5.74, 6) is -0.432. The van der Waals surface area contributed by atoms with Crippen molar-refractivity contribution in [3.63, 3.8) is 0 Å². The highest BCUT2D eigenvalue weighted by atomic mass is 16.6. The Labute approximate surface area is 123 Å². The third kappa shape index (κ3) is 3.95. The predicted octanol–water partition coefficient (Wildman–Crippen LogP) is 1.29. The topological polar surface area (TPSA) is 81.9 Å².